The number of carbonyl (C=O) groups excluding carboxylic acids is 1. The normalized spacial score (nSPS) is 18.1. The molecule has 5 nitrogen and oxygen atoms in total. The Kier molecular flexibility index (Phi) is 4.17. The first-order chi connectivity index (χ1) is 8.16. The van der Waals surface area contributed by atoms with Gasteiger partial charge in [0.1, 0.15) is 0 Å². The van der Waals surface area contributed by atoms with E-state index in [1.54, 1.807) is 10.9 Å². The van der Waals surface area contributed by atoms with E-state index in [4.69, 9.17) is 4.74 Å². The highest BCUT2D eigenvalue weighted by molar-refractivity contribution is 9.10. The Morgan fingerprint density at radius 3 is 2.88 bits per heavy atom. The maximum atomic E-state index is 12.1. The Morgan fingerprint density at radius 1 is 1.59 bits per heavy atom. The van der Waals surface area contributed by atoms with Crippen molar-refractivity contribution >= 4 is 21.8 Å². The fourth-order valence-electron chi connectivity index (χ4n) is 1.89. The zero-order chi connectivity index (χ0) is 12.3. The second-order valence-corrected chi connectivity index (χ2v) is 5.13. The second-order valence-electron chi connectivity index (χ2n) is 4.22. The summed E-state index contributed by atoms with van der Waals surface area (Å²) >= 11 is 3.34. The van der Waals surface area contributed by atoms with Crippen LogP contribution in [0.4, 0.5) is 0 Å². The summed E-state index contributed by atoms with van der Waals surface area (Å²) in [4.78, 5) is 14.0. The molecule has 1 aliphatic heterocycles. The van der Waals surface area contributed by atoms with Crippen molar-refractivity contribution in [3.63, 3.8) is 0 Å². The lowest BCUT2D eigenvalue weighted by Gasteiger charge is -2.29. The van der Waals surface area contributed by atoms with Crippen molar-refractivity contribution in [2.45, 2.75) is 13.5 Å². The number of carbonyl (C=O) groups is 1. The lowest BCUT2D eigenvalue weighted by Crippen LogP contribution is -2.44. The molecule has 1 fully saturated rings. The zero-order valence-corrected chi connectivity index (χ0v) is 11.4. The van der Waals surface area contributed by atoms with Crippen LogP contribution >= 0.6 is 15.9 Å². The van der Waals surface area contributed by atoms with E-state index < -0.39 is 0 Å². The van der Waals surface area contributed by atoms with E-state index >= 15 is 0 Å². The lowest BCUT2D eigenvalue weighted by atomic mass is 10.1. The molecular weight excluding hydrogens is 286 g/mol. The third kappa shape index (κ3) is 3.29. The van der Waals surface area contributed by atoms with Gasteiger partial charge in [0.2, 0.25) is 5.91 Å². The highest BCUT2D eigenvalue weighted by Gasteiger charge is 2.22. The monoisotopic (exact) mass is 301 g/mol. The number of hydrogen-bond acceptors (Lipinski definition) is 3. The third-order valence-electron chi connectivity index (χ3n) is 2.81. The number of nitrogens with zero attached hydrogens (tertiary/aromatic N) is 3. The topological polar surface area (TPSA) is 47.4 Å². The predicted molar refractivity (Wildman–Crippen MR) is 66.5 cm³/mol. The summed E-state index contributed by atoms with van der Waals surface area (Å²) in [6.07, 6.45) is 3.61. The van der Waals surface area contributed by atoms with Gasteiger partial charge in [0.25, 0.3) is 0 Å². The molecule has 2 heterocycles. The van der Waals surface area contributed by atoms with Crippen LogP contribution in [0.5, 0.6) is 0 Å². The van der Waals surface area contributed by atoms with Gasteiger partial charge in [-0.2, -0.15) is 5.10 Å². The van der Waals surface area contributed by atoms with E-state index in [2.05, 4.69) is 21.0 Å². The smallest absolute Gasteiger partial charge is 0.227 e. The van der Waals surface area contributed by atoms with Gasteiger partial charge < -0.3 is 9.64 Å². The number of hydrogen-bond donors (Lipinski definition) is 0. The van der Waals surface area contributed by atoms with Crippen LogP contribution in [0.25, 0.3) is 0 Å². The van der Waals surface area contributed by atoms with Gasteiger partial charge in [-0.25, -0.2) is 0 Å². The summed E-state index contributed by atoms with van der Waals surface area (Å²) in [5.41, 5.74) is 0. The van der Waals surface area contributed by atoms with Crippen LogP contribution in [0.1, 0.15) is 6.92 Å². The minimum Gasteiger partial charge on any atom is -0.378 e. The van der Waals surface area contributed by atoms with Crippen LogP contribution in [0.2, 0.25) is 0 Å². The molecule has 1 unspecified atom stereocenters. The molecule has 6 heteroatoms. The molecule has 1 saturated heterocycles. The van der Waals surface area contributed by atoms with Gasteiger partial charge in [0.05, 0.1) is 36.3 Å². The van der Waals surface area contributed by atoms with Crippen molar-refractivity contribution in [1.82, 2.24) is 14.7 Å². The molecule has 0 radical (unpaired) electrons. The number of aromatic nitrogens is 2. The standard InChI is InChI=1S/C11H16BrN3O2/c1-9(7-15-8-10(12)6-13-15)11(16)14-2-4-17-5-3-14/h6,8-9H,2-5,7H2,1H3. The molecule has 2 rings (SSSR count). The predicted octanol–water partition coefficient (Wildman–Crippen LogP) is 1.14. The Balaban J connectivity index is 1.90. The van der Waals surface area contributed by atoms with E-state index in [1.165, 1.54) is 0 Å². The average Bonchev–Trinajstić information content (AvgIpc) is 2.75. The van der Waals surface area contributed by atoms with Crippen molar-refractivity contribution in [3.8, 4) is 0 Å². The molecule has 94 valence electrons. The summed E-state index contributed by atoms with van der Waals surface area (Å²) in [5, 5.41) is 4.16. The Hall–Kier alpha value is -0.880. The van der Waals surface area contributed by atoms with Crippen molar-refractivity contribution in [1.29, 1.82) is 0 Å². The highest BCUT2D eigenvalue weighted by atomic mass is 79.9. The quantitative estimate of drug-likeness (QED) is 0.841. The molecule has 1 aliphatic rings. The van der Waals surface area contributed by atoms with E-state index in [0.717, 1.165) is 4.47 Å². The molecule has 1 aromatic heterocycles. The molecule has 17 heavy (non-hydrogen) atoms. The van der Waals surface area contributed by atoms with Crippen LogP contribution in [-0.4, -0.2) is 46.9 Å². The summed E-state index contributed by atoms with van der Waals surface area (Å²) in [6.45, 7) is 5.24. The van der Waals surface area contributed by atoms with Crippen molar-refractivity contribution in [3.05, 3.63) is 16.9 Å². The highest BCUT2D eigenvalue weighted by Crippen LogP contribution is 2.11. The molecule has 0 aliphatic carbocycles. The van der Waals surface area contributed by atoms with Crippen LogP contribution in [0.15, 0.2) is 16.9 Å². The molecule has 0 N–H and O–H groups in total. The average molecular weight is 302 g/mol. The molecule has 0 bridgehead atoms. The van der Waals surface area contributed by atoms with Crippen LogP contribution in [-0.2, 0) is 16.1 Å². The summed E-state index contributed by atoms with van der Waals surface area (Å²) in [5.74, 6) is 0.125. The fourth-order valence-corrected chi connectivity index (χ4v) is 2.22. The summed E-state index contributed by atoms with van der Waals surface area (Å²) in [7, 11) is 0. The molecule has 1 atom stereocenters. The van der Waals surface area contributed by atoms with Crippen LogP contribution < -0.4 is 0 Å². The number of amides is 1. The van der Waals surface area contributed by atoms with Crippen molar-refractivity contribution in [2.24, 2.45) is 5.92 Å². The Morgan fingerprint density at radius 2 is 2.29 bits per heavy atom. The van der Waals surface area contributed by atoms with Gasteiger partial charge in [-0.05, 0) is 15.9 Å². The number of rotatable bonds is 3. The third-order valence-corrected chi connectivity index (χ3v) is 3.22. The minimum absolute atomic E-state index is 0.0556. The molecule has 0 saturated carbocycles. The first-order valence-electron chi connectivity index (χ1n) is 5.71. The Bertz CT molecular complexity index is 388. The van der Waals surface area contributed by atoms with Gasteiger partial charge in [-0.15, -0.1) is 0 Å². The minimum atomic E-state index is -0.0556. The van der Waals surface area contributed by atoms with Crippen molar-refractivity contribution in [2.75, 3.05) is 26.3 Å². The van der Waals surface area contributed by atoms with E-state index in [-0.39, 0.29) is 11.8 Å². The molecule has 1 aromatic rings. The van der Waals surface area contributed by atoms with Gasteiger partial charge >= 0.3 is 0 Å². The number of ether oxygens (including phenoxy) is 1. The molecular formula is C11H16BrN3O2. The van der Waals surface area contributed by atoms with Gasteiger partial charge in [-0.3, -0.25) is 9.48 Å². The fraction of sp³-hybridized carbons (Fsp3) is 0.636. The second kappa shape index (κ2) is 5.64. The summed E-state index contributed by atoms with van der Waals surface area (Å²) < 4.78 is 7.95. The lowest BCUT2D eigenvalue weighted by molar-refractivity contribution is -0.139. The maximum Gasteiger partial charge on any atom is 0.227 e. The SMILES string of the molecule is CC(Cn1cc(Br)cn1)C(=O)N1CCOCC1. The number of halogens is 1. The van der Waals surface area contributed by atoms with E-state index in [9.17, 15) is 4.79 Å². The number of morpholine rings is 1. The van der Waals surface area contributed by atoms with Crippen molar-refractivity contribution < 1.29 is 9.53 Å². The molecule has 0 aromatic carbocycles. The first-order valence-corrected chi connectivity index (χ1v) is 6.50. The van der Waals surface area contributed by atoms with Gasteiger partial charge in [0, 0.05) is 19.3 Å². The Labute approximate surface area is 109 Å². The first kappa shape index (κ1) is 12.6. The molecule has 0 spiro atoms. The van der Waals surface area contributed by atoms with E-state index in [1.807, 2.05) is 18.0 Å². The van der Waals surface area contributed by atoms with Crippen LogP contribution in [0, 0.1) is 5.92 Å². The van der Waals surface area contributed by atoms with Gasteiger partial charge in [-0.1, -0.05) is 6.92 Å². The molecule has 1 amide bonds. The van der Waals surface area contributed by atoms with Crippen LogP contribution in [0.3, 0.4) is 0 Å². The van der Waals surface area contributed by atoms with E-state index in [0.29, 0.717) is 32.8 Å². The maximum absolute atomic E-state index is 12.1. The summed E-state index contributed by atoms with van der Waals surface area (Å²) in [6, 6.07) is 0. The largest absolute Gasteiger partial charge is 0.378 e. The van der Waals surface area contributed by atoms with Gasteiger partial charge in [0.15, 0.2) is 0 Å². The zero-order valence-electron chi connectivity index (χ0n) is 9.80.